The van der Waals surface area contributed by atoms with Crippen molar-refractivity contribution in [2.75, 3.05) is 20.3 Å². The number of hydrogen-bond acceptors (Lipinski definition) is 4. The lowest BCUT2D eigenvalue weighted by molar-refractivity contribution is -0.123. The predicted octanol–water partition coefficient (Wildman–Crippen LogP) is 1.65. The summed E-state index contributed by atoms with van der Waals surface area (Å²) in [7, 11) is 1.53. The van der Waals surface area contributed by atoms with Gasteiger partial charge in [-0.2, -0.15) is 0 Å². The average molecular weight is 279 g/mol. The number of aliphatic hydroxyl groups is 1. The van der Waals surface area contributed by atoms with Crippen LogP contribution in [0, 0.1) is 5.92 Å². The minimum atomic E-state index is -0.570. The normalized spacial score (nSPS) is 15.6. The maximum Gasteiger partial charge on any atom is 0.257 e. The van der Waals surface area contributed by atoms with Crippen molar-refractivity contribution in [1.82, 2.24) is 5.32 Å². The number of ether oxygens (including phenoxy) is 2. The zero-order valence-corrected chi connectivity index (χ0v) is 11.9. The molecular weight excluding hydrogens is 258 g/mol. The zero-order chi connectivity index (χ0) is 14.5. The van der Waals surface area contributed by atoms with Crippen LogP contribution in [0.5, 0.6) is 11.5 Å². The van der Waals surface area contributed by atoms with E-state index in [0.717, 1.165) is 12.1 Å². The van der Waals surface area contributed by atoms with Gasteiger partial charge in [-0.3, -0.25) is 4.79 Å². The van der Waals surface area contributed by atoms with Crippen molar-refractivity contribution in [2.24, 2.45) is 5.92 Å². The predicted molar refractivity (Wildman–Crippen MR) is 74.9 cm³/mol. The second-order valence-corrected chi connectivity index (χ2v) is 5.12. The number of carbonyl (C=O) groups is 1. The van der Waals surface area contributed by atoms with Crippen LogP contribution in [0.4, 0.5) is 0 Å². The number of carbonyl (C=O) groups excluding carboxylic acids is 1. The van der Waals surface area contributed by atoms with Crippen molar-refractivity contribution < 1.29 is 19.4 Å². The third-order valence-electron chi connectivity index (χ3n) is 3.31. The fourth-order valence-corrected chi connectivity index (χ4v) is 1.84. The number of benzene rings is 1. The van der Waals surface area contributed by atoms with Crippen LogP contribution in [0.15, 0.2) is 18.2 Å². The van der Waals surface area contributed by atoms with Crippen LogP contribution in [0.3, 0.4) is 0 Å². The average Bonchev–Trinajstić information content (AvgIpc) is 3.26. The van der Waals surface area contributed by atoms with Crippen LogP contribution in [0.1, 0.15) is 31.4 Å². The largest absolute Gasteiger partial charge is 0.493 e. The van der Waals surface area contributed by atoms with Gasteiger partial charge >= 0.3 is 0 Å². The van der Waals surface area contributed by atoms with E-state index in [2.05, 4.69) is 5.32 Å². The summed E-state index contributed by atoms with van der Waals surface area (Å²) in [5.41, 5.74) is 0.743. The molecule has 0 bridgehead atoms. The Morgan fingerprint density at radius 3 is 2.80 bits per heavy atom. The van der Waals surface area contributed by atoms with Crippen LogP contribution in [0.2, 0.25) is 0 Å². The maximum absolute atomic E-state index is 11.6. The molecular formula is C15H21NO4. The van der Waals surface area contributed by atoms with Gasteiger partial charge in [-0.25, -0.2) is 0 Å². The molecule has 5 heteroatoms. The maximum atomic E-state index is 11.6. The van der Waals surface area contributed by atoms with E-state index in [-0.39, 0.29) is 12.5 Å². The van der Waals surface area contributed by atoms with Crippen molar-refractivity contribution in [1.29, 1.82) is 0 Å². The quantitative estimate of drug-likeness (QED) is 0.796. The molecule has 1 aromatic rings. The summed E-state index contributed by atoms with van der Waals surface area (Å²) in [6.07, 6.45) is 1.84. The van der Waals surface area contributed by atoms with Crippen LogP contribution in [-0.4, -0.2) is 31.3 Å². The van der Waals surface area contributed by atoms with E-state index in [1.54, 1.807) is 25.1 Å². The second kappa shape index (κ2) is 6.61. The summed E-state index contributed by atoms with van der Waals surface area (Å²) in [4.78, 5) is 11.6. The molecule has 110 valence electrons. The Balaban J connectivity index is 1.88. The van der Waals surface area contributed by atoms with Crippen molar-refractivity contribution in [3.05, 3.63) is 23.8 Å². The molecule has 2 rings (SSSR count). The van der Waals surface area contributed by atoms with Gasteiger partial charge in [-0.05, 0) is 43.4 Å². The molecule has 1 aliphatic carbocycles. The van der Waals surface area contributed by atoms with Crippen molar-refractivity contribution in [3.63, 3.8) is 0 Å². The van der Waals surface area contributed by atoms with Gasteiger partial charge in [0.1, 0.15) is 0 Å². The molecule has 2 N–H and O–H groups in total. The van der Waals surface area contributed by atoms with Crippen LogP contribution in [0.25, 0.3) is 0 Å². The van der Waals surface area contributed by atoms with E-state index in [1.165, 1.54) is 20.0 Å². The molecule has 1 amide bonds. The molecule has 0 saturated heterocycles. The molecule has 0 heterocycles. The molecule has 0 spiro atoms. The Bertz CT molecular complexity index is 469. The highest BCUT2D eigenvalue weighted by Gasteiger charge is 2.21. The topological polar surface area (TPSA) is 67.8 Å². The summed E-state index contributed by atoms with van der Waals surface area (Å²) in [6, 6.07) is 5.17. The summed E-state index contributed by atoms with van der Waals surface area (Å²) in [5, 5.41) is 12.4. The number of methoxy groups -OCH3 is 1. The molecule has 0 radical (unpaired) electrons. The highest BCUT2D eigenvalue weighted by molar-refractivity contribution is 5.77. The van der Waals surface area contributed by atoms with Crippen molar-refractivity contribution in [2.45, 2.75) is 25.9 Å². The molecule has 0 aliphatic heterocycles. The van der Waals surface area contributed by atoms with E-state index in [0.29, 0.717) is 17.4 Å². The second-order valence-electron chi connectivity index (χ2n) is 5.12. The highest BCUT2D eigenvalue weighted by Crippen LogP contribution is 2.30. The van der Waals surface area contributed by atoms with Gasteiger partial charge in [0.05, 0.1) is 13.2 Å². The fourth-order valence-electron chi connectivity index (χ4n) is 1.84. The molecule has 20 heavy (non-hydrogen) atoms. The molecule has 1 unspecified atom stereocenters. The van der Waals surface area contributed by atoms with Crippen molar-refractivity contribution in [3.8, 4) is 11.5 Å². The lowest BCUT2D eigenvalue weighted by Crippen LogP contribution is -2.30. The first-order valence-electron chi connectivity index (χ1n) is 6.85. The first-order chi connectivity index (χ1) is 9.60. The lowest BCUT2D eigenvalue weighted by atomic mass is 10.1. The lowest BCUT2D eigenvalue weighted by Gasteiger charge is -2.13. The number of nitrogens with one attached hydrogen (secondary N) is 1. The Morgan fingerprint density at radius 1 is 1.45 bits per heavy atom. The third-order valence-corrected chi connectivity index (χ3v) is 3.31. The highest BCUT2D eigenvalue weighted by atomic mass is 16.5. The number of hydrogen-bond donors (Lipinski definition) is 2. The Kier molecular flexibility index (Phi) is 4.84. The Labute approximate surface area is 118 Å². The van der Waals surface area contributed by atoms with Crippen LogP contribution >= 0.6 is 0 Å². The van der Waals surface area contributed by atoms with Crippen molar-refractivity contribution >= 4 is 5.91 Å². The SMILES string of the molecule is COc1cc(C(C)O)ccc1OCC(=O)NCC1CC1. The van der Waals surface area contributed by atoms with Gasteiger partial charge in [0, 0.05) is 6.54 Å². The minimum Gasteiger partial charge on any atom is -0.493 e. The smallest absolute Gasteiger partial charge is 0.257 e. The summed E-state index contributed by atoms with van der Waals surface area (Å²) < 4.78 is 10.7. The zero-order valence-electron chi connectivity index (χ0n) is 11.9. The molecule has 1 atom stereocenters. The summed E-state index contributed by atoms with van der Waals surface area (Å²) in [6.45, 7) is 2.39. The standard InChI is InChI=1S/C15H21NO4/c1-10(17)12-5-6-13(14(7-12)19-2)20-9-15(18)16-8-11-3-4-11/h5-7,10-11,17H,3-4,8-9H2,1-2H3,(H,16,18). The minimum absolute atomic E-state index is 0.0306. The Hall–Kier alpha value is -1.75. The molecule has 1 aromatic carbocycles. The van der Waals surface area contributed by atoms with Gasteiger partial charge in [0.15, 0.2) is 18.1 Å². The van der Waals surface area contributed by atoms with Gasteiger partial charge in [-0.15, -0.1) is 0 Å². The van der Waals surface area contributed by atoms with E-state index < -0.39 is 6.10 Å². The van der Waals surface area contributed by atoms with Crippen LogP contribution < -0.4 is 14.8 Å². The van der Waals surface area contributed by atoms with E-state index in [4.69, 9.17) is 9.47 Å². The van der Waals surface area contributed by atoms with Crippen LogP contribution in [-0.2, 0) is 4.79 Å². The Morgan fingerprint density at radius 2 is 2.20 bits per heavy atom. The molecule has 5 nitrogen and oxygen atoms in total. The third kappa shape index (κ3) is 4.13. The monoisotopic (exact) mass is 279 g/mol. The van der Waals surface area contributed by atoms with Gasteiger partial charge in [0.25, 0.3) is 5.91 Å². The van der Waals surface area contributed by atoms with E-state index in [9.17, 15) is 9.90 Å². The number of amides is 1. The molecule has 1 aliphatic rings. The van der Waals surface area contributed by atoms with Gasteiger partial charge < -0.3 is 19.9 Å². The van der Waals surface area contributed by atoms with E-state index in [1.807, 2.05) is 0 Å². The first-order valence-corrected chi connectivity index (χ1v) is 6.85. The molecule has 0 aromatic heterocycles. The fraction of sp³-hybridized carbons (Fsp3) is 0.533. The summed E-state index contributed by atoms with van der Waals surface area (Å²) >= 11 is 0. The molecule has 1 fully saturated rings. The summed E-state index contributed by atoms with van der Waals surface area (Å²) in [5.74, 6) is 1.54. The van der Waals surface area contributed by atoms with Gasteiger partial charge in [-0.1, -0.05) is 6.07 Å². The number of rotatable bonds is 7. The van der Waals surface area contributed by atoms with Gasteiger partial charge in [0.2, 0.25) is 0 Å². The molecule has 1 saturated carbocycles. The van der Waals surface area contributed by atoms with E-state index >= 15 is 0 Å². The number of aliphatic hydroxyl groups excluding tert-OH is 1. The first kappa shape index (κ1) is 14.7.